The highest BCUT2D eigenvalue weighted by molar-refractivity contribution is 5.71. The predicted molar refractivity (Wildman–Crippen MR) is 309 cm³/mol. The molecule has 0 heterocycles. The summed E-state index contributed by atoms with van der Waals surface area (Å²) in [5.41, 5.74) is 0. The van der Waals surface area contributed by atoms with Crippen LogP contribution in [0.5, 0.6) is 0 Å². The number of carboxylic acids is 1. The van der Waals surface area contributed by atoms with Gasteiger partial charge < -0.3 is 28.5 Å². The Morgan fingerprint density at radius 3 is 1.12 bits per heavy atom. The molecule has 0 saturated carbocycles. The zero-order valence-electron chi connectivity index (χ0n) is 48.0. The minimum Gasteiger partial charge on any atom is -0.477 e. The highest BCUT2D eigenvalue weighted by Gasteiger charge is 2.25. The normalized spacial score (nSPS) is 13.3. The van der Waals surface area contributed by atoms with Crippen molar-refractivity contribution in [2.45, 2.75) is 270 Å². The average molecular weight is 1030 g/mol. The second kappa shape index (κ2) is 55.0. The molecule has 0 aromatic carbocycles. The van der Waals surface area contributed by atoms with E-state index in [2.05, 4.69) is 86.8 Å². The van der Waals surface area contributed by atoms with E-state index in [-0.39, 0.29) is 38.6 Å². The Morgan fingerprint density at radius 1 is 0.411 bits per heavy atom. The lowest BCUT2D eigenvalue weighted by Crippen LogP contribution is -2.40. The molecule has 9 heteroatoms. The van der Waals surface area contributed by atoms with E-state index in [0.29, 0.717) is 11.0 Å². The van der Waals surface area contributed by atoms with Crippen LogP contribution in [0.25, 0.3) is 0 Å². The first-order valence-corrected chi connectivity index (χ1v) is 30.1. The number of esters is 2. The van der Waals surface area contributed by atoms with Gasteiger partial charge in [0.1, 0.15) is 13.2 Å². The number of likely N-dealkylation sites (N-methyl/N-ethyl adjacent to an activating group) is 1. The molecule has 0 fully saturated rings. The SMILES string of the molecule is CCCCC/C=C\C/C=C\C/C=C\CCCCCCCCC(=O)OCC(COC(OCC[N+](C)(C)C)C(=O)O)OC(=O)CCCCCCCCCCCCCCCC/C=C\C/C=C\C/C=C\CCCCCCC. The van der Waals surface area contributed by atoms with Crippen LogP contribution in [0.2, 0.25) is 0 Å². The van der Waals surface area contributed by atoms with Gasteiger partial charge in [0.25, 0.3) is 6.29 Å². The van der Waals surface area contributed by atoms with E-state index in [1.54, 1.807) is 0 Å². The zero-order chi connectivity index (χ0) is 53.4. The van der Waals surface area contributed by atoms with Gasteiger partial charge in [-0.15, -0.1) is 0 Å². The fraction of sp³-hybridized carbons (Fsp3) is 0.766. The van der Waals surface area contributed by atoms with Crippen LogP contribution in [0.1, 0.15) is 258 Å². The summed E-state index contributed by atoms with van der Waals surface area (Å²) < 4.78 is 22.9. The fourth-order valence-corrected chi connectivity index (χ4v) is 8.26. The summed E-state index contributed by atoms with van der Waals surface area (Å²) in [6.45, 7) is 4.84. The Kier molecular flexibility index (Phi) is 52.5. The van der Waals surface area contributed by atoms with Crippen molar-refractivity contribution in [1.29, 1.82) is 0 Å². The molecule has 1 N–H and O–H groups in total. The fourth-order valence-electron chi connectivity index (χ4n) is 8.26. The van der Waals surface area contributed by atoms with Crippen LogP contribution in [-0.4, -0.2) is 87.4 Å². The van der Waals surface area contributed by atoms with Gasteiger partial charge in [-0.05, 0) is 89.9 Å². The van der Waals surface area contributed by atoms with Crippen LogP contribution >= 0.6 is 0 Å². The minimum absolute atomic E-state index is 0.183. The molecule has 0 radical (unpaired) electrons. The highest BCUT2D eigenvalue weighted by Crippen LogP contribution is 2.16. The maximum Gasteiger partial charge on any atom is 0.361 e. The third kappa shape index (κ3) is 56.3. The van der Waals surface area contributed by atoms with Crippen molar-refractivity contribution in [3.05, 3.63) is 72.9 Å². The lowest BCUT2D eigenvalue weighted by Gasteiger charge is -2.25. The monoisotopic (exact) mass is 1020 g/mol. The summed E-state index contributed by atoms with van der Waals surface area (Å²) in [4.78, 5) is 37.4. The summed E-state index contributed by atoms with van der Waals surface area (Å²) in [6, 6.07) is 0. The van der Waals surface area contributed by atoms with E-state index in [4.69, 9.17) is 18.9 Å². The van der Waals surface area contributed by atoms with Crippen molar-refractivity contribution in [2.24, 2.45) is 0 Å². The number of carboxylic acid groups (broad SMARTS) is 1. The Bertz CT molecular complexity index is 1420. The van der Waals surface area contributed by atoms with Gasteiger partial charge in [0.2, 0.25) is 0 Å². The molecule has 0 amide bonds. The van der Waals surface area contributed by atoms with Crippen molar-refractivity contribution in [3.63, 3.8) is 0 Å². The molecule has 0 saturated heterocycles. The molecular weight excluding hydrogens is 911 g/mol. The first kappa shape index (κ1) is 69.7. The third-order valence-corrected chi connectivity index (χ3v) is 12.9. The maximum absolute atomic E-state index is 12.9. The molecule has 2 atom stereocenters. The largest absolute Gasteiger partial charge is 0.477 e. The molecule has 0 bridgehead atoms. The third-order valence-electron chi connectivity index (χ3n) is 12.9. The number of hydrogen-bond acceptors (Lipinski definition) is 7. The van der Waals surface area contributed by atoms with Gasteiger partial charge in [-0.3, -0.25) is 9.59 Å². The molecule has 0 aliphatic heterocycles. The lowest BCUT2D eigenvalue weighted by atomic mass is 10.0. The van der Waals surface area contributed by atoms with E-state index in [0.717, 1.165) is 77.0 Å². The van der Waals surface area contributed by atoms with Gasteiger partial charge in [-0.25, -0.2) is 4.79 Å². The molecule has 422 valence electrons. The van der Waals surface area contributed by atoms with Crippen molar-refractivity contribution in [3.8, 4) is 0 Å². The van der Waals surface area contributed by atoms with Gasteiger partial charge in [0, 0.05) is 12.8 Å². The second-order valence-electron chi connectivity index (χ2n) is 21.3. The number of carbonyl (C=O) groups is 3. The topological polar surface area (TPSA) is 108 Å². The quantitative estimate of drug-likeness (QED) is 0.0211. The van der Waals surface area contributed by atoms with E-state index < -0.39 is 24.3 Å². The first-order valence-electron chi connectivity index (χ1n) is 30.1. The Balaban J connectivity index is 4.22. The van der Waals surface area contributed by atoms with Gasteiger partial charge in [0.15, 0.2) is 6.10 Å². The number of hydrogen-bond donors (Lipinski definition) is 1. The van der Waals surface area contributed by atoms with Crippen molar-refractivity contribution < 1.29 is 42.9 Å². The van der Waals surface area contributed by atoms with Crippen molar-refractivity contribution in [1.82, 2.24) is 0 Å². The molecule has 0 aliphatic carbocycles. The van der Waals surface area contributed by atoms with E-state index in [9.17, 15) is 19.5 Å². The second-order valence-corrected chi connectivity index (χ2v) is 21.3. The smallest absolute Gasteiger partial charge is 0.361 e. The maximum atomic E-state index is 12.9. The number of nitrogens with zero attached hydrogens (tertiary/aromatic N) is 1. The number of carbonyl (C=O) groups excluding carboxylic acids is 2. The van der Waals surface area contributed by atoms with Crippen molar-refractivity contribution in [2.75, 3.05) is 47.5 Å². The molecule has 2 unspecified atom stereocenters. The Labute approximate surface area is 449 Å². The van der Waals surface area contributed by atoms with Gasteiger partial charge in [-0.1, -0.05) is 228 Å². The number of ether oxygens (including phenoxy) is 4. The summed E-state index contributed by atoms with van der Waals surface area (Å²) in [7, 11) is 5.96. The molecule has 0 spiro atoms. The van der Waals surface area contributed by atoms with Crippen LogP contribution in [0.3, 0.4) is 0 Å². The average Bonchev–Trinajstić information content (AvgIpc) is 3.36. The van der Waals surface area contributed by atoms with E-state index in [1.165, 1.54) is 154 Å². The van der Waals surface area contributed by atoms with Crippen LogP contribution in [-0.2, 0) is 33.3 Å². The first-order chi connectivity index (χ1) is 35.6. The van der Waals surface area contributed by atoms with Crippen LogP contribution in [0, 0.1) is 0 Å². The van der Waals surface area contributed by atoms with Crippen LogP contribution in [0.4, 0.5) is 0 Å². The number of unbranched alkanes of at least 4 members (excludes halogenated alkanes) is 28. The zero-order valence-corrected chi connectivity index (χ0v) is 48.0. The molecule has 0 aliphatic rings. The lowest BCUT2D eigenvalue weighted by molar-refractivity contribution is -0.870. The number of allylic oxidation sites excluding steroid dienone is 12. The summed E-state index contributed by atoms with van der Waals surface area (Å²) in [5.74, 6) is -2.02. The van der Waals surface area contributed by atoms with Crippen molar-refractivity contribution >= 4 is 17.9 Å². The number of quaternary nitrogens is 1. The Hall–Kier alpha value is -3.27. The molecule has 73 heavy (non-hydrogen) atoms. The van der Waals surface area contributed by atoms with Crippen LogP contribution in [0.15, 0.2) is 72.9 Å². The van der Waals surface area contributed by atoms with E-state index in [1.807, 2.05) is 21.1 Å². The van der Waals surface area contributed by atoms with Crippen LogP contribution < -0.4 is 0 Å². The number of aliphatic carboxylic acids is 1. The molecule has 0 aromatic heterocycles. The highest BCUT2D eigenvalue weighted by atomic mass is 16.7. The van der Waals surface area contributed by atoms with Gasteiger partial charge >= 0.3 is 17.9 Å². The van der Waals surface area contributed by atoms with Gasteiger partial charge in [0.05, 0.1) is 34.4 Å². The summed E-state index contributed by atoms with van der Waals surface area (Å²) in [6.07, 6.45) is 68.4. The molecular formula is C64H114NO8+. The molecule has 0 aromatic rings. The Morgan fingerprint density at radius 2 is 0.740 bits per heavy atom. The molecule has 9 nitrogen and oxygen atoms in total. The summed E-state index contributed by atoms with van der Waals surface area (Å²) >= 11 is 0. The minimum atomic E-state index is -1.52. The van der Waals surface area contributed by atoms with E-state index >= 15 is 0 Å². The predicted octanol–water partition coefficient (Wildman–Crippen LogP) is 17.8. The van der Waals surface area contributed by atoms with Gasteiger partial charge in [-0.2, -0.15) is 0 Å². The standard InChI is InChI=1S/C64H113NO8/c1-6-8-10-12-14-16-18-20-22-24-26-27-28-29-30-31-32-33-34-35-37-39-41-43-45-47-49-51-53-55-62(67)73-60(59-72-64(63(68)69)70-57-56-65(3,4)5)58-71-61(66)54-52-50-48-46-44-42-40-38-36-25-23-21-19-17-15-13-11-9-7-2/h15,17-18,20-21,23-24,26,28-29,36,38,60,64H,6-14,16,19,22,25,27,30-35,37,39-59H2,1-5H3/p+1/b17-15-,20-18-,23-21-,26-24-,29-28-,38-36-. The summed E-state index contributed by atoms with van der Waals surface area (Å²) in [5, 5.41) is 9.71. The number of rotatable bonds is 55. The molecule has 0 rings (SSSR count).